The molecule has 1 aromatic heterocycles. The van der Waals surface area contributed by atoms with Crippen molar-refractivity contribution >= 4 is 35.8 Å². The first-order chi connectivity index (χ1) is 10.7. The topological polar surface area (TPSA) is 92.4 Å². The number of hydrogen-bond donors (Lipinski definition) is 3. The molecule has 0 saturated heterocycles. The average molecular weight is 431 g/mol. The number of hydrogen-bond acceptors (Lipinski definition) is 3. The van der Waals surface area contributed by atoms with Crippen LogP contribution in [0, 0.1) is 0 Å². The molecule has 128 valence electrons. The van der Waals surface area contributed by atoms with Gasteiger partial charge in [0.1, 0.15) is 6.54 Å². The van der Waals surface area contributed by atoms with E-state index in [4.69, 9.17) is 5.73 Å². The third-order valence-electron chi connectivity index (χ3n) is 3.78. The van der Waals surface area contributed by atoms with E-state index in [-0.39, 0.29) is 36.4 Å². The Balaban J connectivity index is 0.00000264. The van der Waals surface area contributed by atoms with Gasteiger partial charge in [0.2, 0.25) is 5.91 Å². The van der Waals surface area contributed by atoms with Gasteiger partial charge in [-0.05, 0) is 25.0 Å². The number of halogens is 1. The normalized spacial score (nSPS) is 15.6. The average Bonchev–Trinajstić information content (AvgIpc) is 2.55. The predicted molar refractivity (Wildman–Crippen MR) is 103 cm³/mol. The highest BCUT2D eigenvalue weighted by atomic mass is 127. The summed E-state index contributed by atoms with van der Waals surface area (Å²) < 4.78 is 0. The quantitative estimate of drug-likeness (QED) is 0.363. The van der Waals surface area contributed by atoms with E-state index in [0.29, 0.717) is 18.5 Å². The zero-order valence-electron chi connectivity index (χ0n) is 13.3. The number of nitrogens with one attached hydrogen (secondary N) is 2. The first-order valence-electron chi connectivity index (χ1n) is 7.97. The second-order valence-electron chi connectivity index (χ2n) is 5.60. The van der Waals surface area contributed by atoms with E-state index in [9.17, 15) is 4.79 Å². The molecule has 0 unspecified atom stereocenters. The maximum atomic E-state index is 11.8. The summed E-state index contributed by atoms with van der Waals surface area (Å²) in [6, 6.07) is 6.12. The van der Waals surface area contributed by atoms with Crippen LogP contribution in [0.3, 0.4) is 0 Å². The van der Waals surface area contributed by atoms with Crippen molar-refractivity contribution < 1.29 is 4.79 Å². The number of carbonyl (C=O) groups excluding carboxylic acids is 1. The van der Waals surface area contributed by atoms with Gasteiger partial charge in [0, 0.05) is 30.9 Å². The zero-order valence-corrected chi connectivity index (χ0v) is 15.7. The maximum Gasteiger partial charge on any atom is 0.242 e. The first-order valence-corrected chi connectivity index (χ1v) is 7.97. The molecule has 0 aromatic carbocycles. The SMILES string of the molecule is I.NC(=NCC(=O)NC1CCCCC1)NCCc1ccccn1. The van der Waals surface area contributed by atoms with Gasteiger partial charge >= 0.3 is 0 Å². The molecule has 1 amide bonds. The molecule has 0 aliphatic heterocycles. The zero-order chi connectivity index (χ0) is 15.6. The summed E-state index contributed by atoms with van der Waals surface area (Å²) in [6.45, 7) is 0.732. The second kappa shape index (κ2) is 11.2. The molecule has 6 nitrogen and oxygen atoms in total. The summed E-state index contributed by atoms with van der Waals surface area (Å²) in [4.78, 5) is 20.1. The number of aromatic nitrogens is 1. The van der Waals surface area contributed by atoms with Gasteiger partial charge in [-0.15, -0.1) is 24.0 Å². The van der Waals surface area contributed by atoms with E-state index in [0.717, 1.165) is 25.0 Å². The molecule has 4 N–H and O–H groups in total. The largest absolute Gasteiger partial charge is 0.370 e. The first kappa shape index (κ1) is 19.7. The smallest absolute Gasteiger partial charge is 0.242 e. The highest BCUT2D eigenvalue weighted by Crippen LogP contribution is 2.17. The Morgan fingerprint density at radius 3 is 2.78 bits per heavy atom. The fraction of sp³-hybridized carbons (Fsp3) is 0.562. The van der Waals surface area contributed by atoms with Crippen LogP contribution in [0.1, 0.15) is 37.8 Å². The Morgan fingerprint density at radius 2 is 2.09 bits per heavy atom. The van der Waals surface area contributed by atoms with Crippen LogP contribution >= 0.6 is 24.0 Å². The van der Waals surface area contributed by atoms with E-state index in [1.54, 1.807) is 6.20 Å². The minimum absolute atomic E-state index is 0. The summed E-state index contributed by atoms with van der Waals surface area (Å²) in [5.74, 6) is 0.246. The lowest BCUT2D eigenvalue weighted by atomic mass is 9.95. The number of pyridine rings is 1. The summed E-state index contributed by atoms with van der Waals surface area (Å²) in [5, 5.41) is 6.01. The number of nitrogens with two attached hydrogens (primary N) is 1. The van der Waals surface area contributed by atoms with Crippen LogP contribution in [0.5, 0.6) is 0 Å². The molecular formula is C16H26IN5O. The van der Waals surface area contributed by atoms with Crippen molar-refractivity contribution in [3.63, 3.8) is 0 Å². The van der Waals surface area contributed by atoms with E-state index in [2.05, 4.69) is 20.6 Å². The number of nitrogens with zero attached hydrogens (tertiary/aromatic N) is 2. The van der Waals surface area contributed by atoms with Gasteiger partial charge in [-0.3, -0.25) is 9.78 Å². The van der Waals surface area contributed by atoms with Gasteiger partial charge in [0.25, 0.3) is 0 Å². The van der Waals surface area contributed by atoms with Crippen LogP contribution in [0.2, 0.25) is 0 Å². The molecule has 0 bridgehead atoms. The Bertz CT molecular complexity index is 489. The Kier molecular flexibility index (Phi) is 9.58. The summed E-state index contributed by atoms with van der Waals surface area (Å²) in [5.41, 5.74) is 6.76. The standard InChI is InChI=1S/C16H25N5O.HI/c17-16(19-11-9-13-6-4-5-10-18-13)20-12-15(22)21-14-7-2-1-3-8-14;/h4-6,10,14H,1-3,7-9,11-12H2,(H,21,22)(H3,17,19,20);1H. The minimum atomic E-state index is -0.0543. The Hall–Kier alpha value is -1.38. The summed E-state index contributed by atoms with van der Waals surface area (Å²) in [6.07, 6.45) is 8.36. The van der Waals surface area contributed by atoms with Crippen molar-refractivity contribution in [3.05, 3.63) is 30.1 Å². The number of aliphatic imine (C=N–C) groups is 1. The molecule has 1 heterocycles. The van der Waals surface area contributed by atoms with Gasteiger partial charge in [0.05, 0.1) is 0 Å². The highest BCUT2D eigenvalue weighted by Gasteiger charge is 2.15. The van der Waals surface area contributed by atoms with Crippen LogP contribution < -0.4 is 16.4 Å². The van der Waals surface area contributed by atoms with Crippen molar-refractivity contribution in [1.29, 1.82) is 0 Å². The Labute approximate surface area is 154 Å². The van der Waals surface area contributed by atoms with Crippen LogP contribution in [-0.2, 0) is 11.2 Å². The van der Waals surface area contributed by atoms with E-state index in [1.807, 2.05) is 18.2 Å². The molecule has 1 fully saturated rings. The lowest BCUT2D eigenvalue weighted by Crippen LogP contribution is -2.39. The number of rotatable bonds is 6. The molecule has 2 rings (SSSR count). The van der Waals surface area contributed by atoms with Crippen molar-refractivity contribution in [1.82, 2.24) is 15.6 Å². The highest BCUT2D eigenvalue weighted by molar-refractivity contribution is 14.0. The van der Waals surface area contributed by atoms with Gasteiger partial charge in [-0.25, -0.2) is 4.99 Å². The monoisotopic (exact) mass is 431 g/mol. The van der Waals surface area contributed by atoms with Crippen molar-refractivity contribution in [2.24, 2.45) is 10.7 Å². The molecule has 1 aliphatic carbocycles. The van der Waals surface area contributed by atoms with E-state index in [1.165, 1.54) is 19.3 Å². The summed E-state index contributed by atoms with van der Waals surface area (Å²) in [7, 11) is 0. The van der Waals surface area contributed by atoms with Gasteiger partial charge in [0.15, 0.2) is 5.96 Å². The molecule has 0 radical (unpaired) electrons. The molecule has 1 aromatic rings. The fourth-order valence-corrected chi connectivity index (χ4v) is 2.60. The third-order valence-corrected chi connectivity index (χ3v) is 3.78. The molecular weight excluding hydrogens is 405 g/mol. The van der Waals surface area contributed by atoms with Gasteiger partial charge < -0.3 is 16.4 Å². The molecule has 23 heavy (non-hydrogen) atoms. The fourth-order valence-electron chi connectivity index (χ4n) is 2.60. The minimum Gasteiger partial charge on any atom is -0.370 e. The lowest BCUT2D eigenvalue weighted by Gasteiger charge is -2.22. The predicted octanol–water partition coefficient (Wildman–Crippen LogP) is 1.60. The van der Waals surface area contributed by atoms with Crippen molar-refractivity contribution in [2.45, 2.75) is 44.6 Å². The maximum absolute atomic E-state index is 11.8. The molecule has 0 spiro atoms. The lowest BCUT2D eigenvalue weighted by molar-refractivity contribution is -0.120. The van der Waals surface area contributed by atoms with E-state index >= 15 is 0 Å². The molecule has 1 saturated carbocycles. The number of guanidine groups is 1. The Morgan fingerprint density at radius 1 is 1.30 bits per heavy atom. The molecule has 7 heteroatoms. The summed E-state index contributed by atoms with van der Waals surface area (Å²) >= 11 is 0. The number of carbonyl (C=O) groups is 1. The van der Waals surface area contributed by atoms with Crippen LogP contribution in [0.15, 0.2) is 29.4 Å². The van der Waals surface area contributed by atoms with Crippen molar-refractivity contribution in [2.75, 3.05) is 13.1 Å². The molecule has 0 atom stereocenters. The van der Waals surface area contributed by atoms with Crippen LogP contribution in [0.4, 0.5) is 0 Å². The van der Waals surface area contributed by atoms with Gasteiger partial charge in [-0.2, -0.15) is 0 Å². The second-order valence-corrected chi connectivity index (χ2v) is 5.60. The van der Waals surface area contributed by atoms with Crippen molar-refractivity contribution in [3.8, 4) is 0 Å². The third kappa shape index (κ3) is 8.15. The van der Waals surface area contributed by atoms with Crippen LogP contribution in [0.25, 0.3) is 0 Å². The van der Waals surface area contributed by atoms with Crippen LogP contribution in [-0.4, -0.2) is 36.0 Å². The molecule has 1 aliphatic rings. The number of amides is 1. The van der Waals surface area contributed by atoms with Gasteiger partial charge in [-0.1, -0.05) is 25.3 Å². The van der Waals surface area contributed by atoms with E-state index < -0.39 is 0 Å².